The highest BCUT2D eigenvalue weighted by atomic mass is 79.9. The van der Waals surface area contributed by atoms with E-state index in [4.69, 9.17) is 10.2 Å². The van der Waals surface area contributed by atoms with Crippen LogP contribution in [0, 0.1) is 18.6 Å². The molecule has 5 heteroatoms. The molecule has 1 heterocycles. The molecule has 0 aliphatic heterocycles. The molecule has 1 atom stereocenters. The van der Waals surface area contributed by atoms with Crippen molar-refractivity contribution in [3.05, 3.63) is 57.5 Å². The maximum absolute atomic E-state index is 13.6. The van der Waals surface area contributed by atoms with E-state index in [1.165, 1.54) is 12.3 Å². The van der Waals surface area contributed by atoms with Gasteiger partial charge in [-0.25, -0.2) is 8.78 Å². The van der Waals surface area contributed by atoms with E-state index < -0.39 is 17.7 Å². The van der Waals surface area contributed by atoms with Crippen molar-refractivity contribution in [2.75, 3.05) is 0 Å². The fourth-order valence-electron chi connectivity index (χ4n) is 1.59. The van der Waals surface area contributed by atoms with Crippen LogP contribution in [0.1, 0.15) is 22.9 Å². The Hall–Kier alpha value is -1.20. The Bertz CT molecular complexity index is 553. The van der Waals surface area contributed by atoms with E-state index in [1.807, 2.05) is 0 Å². The summed E-state index contributed by atoms with van der Waals surface area (Å²) in [4.78, 5) is 0. The summed E-state index contributed by atoms with van der Waals surface area (Å²) in [6.45, 7) is 1.56. The van der Waals surface area contributed by atoms with Gasteiger partial charge in [0, 0.05) is 11.6 Å². The molecule has 2 rings (SSSR count). The number of rotatable bonds is 2. The molecule has 0 aliphatic rings. The van der Waals surface area contributed by atoms with Crippen molar-refractivity contribution in [1.82, 2.24) is 0 Å². The fraction of sp³-hybridized carbons (Fsp3) is 0.167. The summed E-state index contributed by atoms with van der Waals surface area (Å²) in [7, 11) is 0. The SMILES string of the molecule is Cc1cc(C(N)c2occc2Br)c(F)cc1F. The molecule has 0 amide bonds. The van der Waals surface area contributed by atoms with Gasteiger partial charge in [0.2, 0.25) is 0 Å². The Morgan fingerprint density at radius 3 is 2.59 bits per heavy atom. The highest BCUT2D eigenvalue weighted by molar-refractivity contribution is 9.10. The topological polar surface area (TPSA) is 39.2 Å². The zero-order valence-corrected chi connectivity index (χ0v) is 10.6. The minimum atomic E-state index is -0.765. The third-order valence-corrected chi connectivity index (χ3v) is 3.20. The number of benzene rings is 1. The molecule has 0 saturated carbocycles. The van der Waals surface area contributed by atoms with Crippen LogP contribution in [0.3, 0.4) is 0 Å². The lowest BCUT2D eigenvalue weighted by Gasteiger charge is -2.12. The molecule has 2 nitrogen and oxygen atoms in total. The molecule has 1 unspecified atom stereocenters. The van der Waals surface area contributed by atoms with Gasteiger partial charge < -0.3 is 10.2 Å². The highest BCUT2D eigenvalue weighted by Gasteiger charge is 2.20. The van der Waals surface area contributed by atoms with Crippen molar-refractivity contribution >= 4 is 15.9 Å². The first-order valence-corrected chi connectivity index (χ1v) is 5.74. The molecule has 1 aromatic carbocycles. The quantitative estimate of drug-likeness (QED) is 0.919. The monoisotopic (exact) mass is 301 g/mol. The van der Waals surface area contributed by atoms with Crippen LogP contribution in [-0.4, -0.2) is 0 Å². The molecule has 0 bridgehead atoms. The van der Waals surface area contributed by atoms with Crippen molar-refractivity contribution in [2.45, 2.75) is 13.0 Å². The number of hydrogen-bond donors (Lipinski definition) is 1. The summed E-state index contributed by atoms with van der Waals surface area (Å²) in [5.74, 6) is -0.851. The number of aryl methyl sites for hydroxylation is 1. The molecule has 0 aliphatic carbocycles. The van der Waals surface area contributed by atoms with Crippen LogP contribution < -0.4 is 5.73 Å². The Morgan fingerprint density at radius 2 is 2.00 bits per heavy atom. The highest BCUT2D eigenvalue weighted by Crippen LogP contribution is 2.30. The molecule has 17 heavy (non-hydrogen) atoms. The van der Waals surface area contributed by atoms with Crippen LogP contribution in [0.25, 0.3) is 0 Å². The molecule has 2 aromatic rings. The number of nitrogens with two attached hydrogens (primary N) is 1. The molecular formula is C12H10BrF2NO. The Balaban J connectivity index is 2.48. The van der Waals surface area contributed by atoms with Crippen molar-refractivity contribution in [2.24, 2.45) is 5.73 Å². The first-order valence-electron chi connectivity index (χ1n) is 4.94. The average Bonchev–Trinajstić information content (AvgIpc) is 2.69. The van der Waals surface area contributed by atoms with E-state index in [2.05, 4.69) is 15.9 Å². The van der Waals surface area contributed by atoms with Gasteiger partial charge in [0.05, 0.1) is 16.8 Å². The van der Waals surface area contributed by atoms with Crippen molar-refractivity contribution < 1.29 is 13.2 Å². The molecular weight excluding hydrogens is 292 g/mol. The summed E-state index contributed by atoms with van der Waals surface area (Å²) in [5.41, 5.74) is 6.45. The molecule has 2 N–H and O–H groups in total. The zero-order chi connectivity index (χ0) is 12.6. The summed E-state index contributed by atoms with van der Waals surface area (Å²) >= 11 is 3.25. The maximum Gasteiger partial charge on any atom is 0.139 e. The average molecular weight is 302 g/mol. The lowest BCUT2D eigenvalue weighted by molar-refractivity contribution is 0.476. The van der Waals surface area contributed by atoms with Gasteiger partial charge in [0.15, 0.2) is 0 Å². The molecule has 0 radical (unpaired) electrons. The second kappa shape index (κ2) is 4.58. The molecule has 0 spiro atoms. The first-order chi connectivity index (χ1) is 8.00. The van der Waals surface area contributed by atoms with E-state index >= 15 is 0 Å². The van der Waals surface area contributed by atoms with E-state index in [0.717, 1.165) is 6.07 Å². The van der Waals surface area contributed by atoms with Crippen LogP contribution in [0.4, 0.5) is 8.78 Å². The number of hydrogen-bond acceptors (Lipinski definition) is 2. The number of furan rings is 1. The van der Waals surface area contributed by atoms with Gasteiger partial charge in [-0.15, -0.1) is 0 Å². The zero-order valence-electron chi connectivity index (χ0n) is 9.01. The lowest BCUT2D eigenvalue weighted by Crippen LogP contribution is -2.14. The van der Waals surface area contributed by atoms with E-state index in [9.17, 15) is 8.78 Å². The van der Waals surface area contributed by atoms with Crippen LogP contribution in [0.15, 0.2) is 33.4 Å². The van der Waals surface area contributed by atoms with Crippen LogP contribution >= 0.6 is 15.9 Å². The van der Waals surface area contributed by atoms with Gasteiger partial charge in [-0.05, 0) is 40.5 Å². The largest absolute Gasteiger partial charge is 0.466 e. The van der Waals surface area contributed by atoms with Gasteiger partial charge in [-0.3, -0.25) is 0 Å². The Kier molecular flexibility index (Phi) is 3.31. The molecule has 90 valence electrons. The molecule has 0 fully saturated rings. The summed E-state index contributed by atoms with van der Waals surface area (Å²) in [5, 5.41) is 0. The minimum Gasteiger partial charge on any atom is -0.466 e. The van der Waals surface area contributed by atoms with Gasteiger partial charge in [-0.1, -0.05) is 0 Å². The van der Waals surface area contributed by atoms with Crippen LogP contribution in [-0.2, 0) is 0 Å². The second-order valence-electron chi connectivity index (χ2n) is 3.73. The first kappa shape index (κ1) is 12.3. The van der Waals surface area contributed by atoms with Crippen molar-refractivity contribution in [1.29, 1.82) is 0 Å². The third-order valence-electron chi connectivity index (χ3n) is 2.54. The van der Waals surface area contributed by atoms with Crippen LogP contribution in [0.5, 0.6) is 0 Å². The van der Waals surface area contributed by atoms with Crippen molar-refractivity contribution in [3.8, 4) is 0 Å². The lowest BCUT2D eigenvalue weighted by atomic mass is 10.0. The van der Waals surface area contributed by atoms with Gasteiger partial charge in [0.25, 0.3) is 0 Å². The predicted octanol–water partition coefficient (Wildman–Crippen LogP) is 3.68. The summed E-state index contributed by atoms with van der Waals surface area (Å²) in [6, 6.07) is 3.13. The van der Waals surface area contributed by atoms with Crippen LogP contribution in [0.2, 0.25) is 0 Å². The van der Waals surface area contributed by atoms with Gasteiger partial charge >= 0.3 is 0 Å². The minimum absolute atomic E-state index is 0.208. The summed E-state index contributed by atoms with van der Waals surface area (Å²) in [6.07, 6.45) is 1.45. The predicted molar refractivity (Wildman–Crippen MR) is 63.5 cm³/mol. The normalized spacial score (nSPS) is 12.8. The second-order valence-corrected chi connectivity index (χ2v) is 4.59. The fourth-order valence-corrected chi connectivity index (χ4v) is 2.03. The Labute approximate surface area is 106 Å². The van der Waals surface area contributed by atoms with E-state index in [1.54, 1.807) is 13.0 Å². The number of halogens is 3. The molecule has 0 saturated heterocycles. The molecule has 1 aromatic heterocycles. The third kappa shape index (κ3) is 2.25. The van der Waals surface area contributed by atoms with E-state index in [-0.39, 0.29) is 5.56 Å². The van der Waals surface area contributed by atoms with Gasteiger partial charge in [-0.2, -0.15) is 0 Å². The summed E-state index contributed by atoms with van der Waals surface area (Å²) < 4.78 is 32.6. The smallest absolute Gasteiger partial charge is 0.139 e. The Morgan fingerprint density at radius 1 is 1.29 bits per heavy atom. The maximum atomic E-state index is 13.6. The van der Waals surface area contributed by atoms with E-state index in [0.29, 0.717) is 15.8 Å². The van der Waals surface area contributed by atoms with Gasteiger partial charge in [0.1, 0.15) is 17.4 Å². The standard InChI is InChI=1S/C12H10BrF2NO/c1-6-4-7(10(15)5-9(6)14)11(16)12-8(13)2-3-17-12/h2-5,11H,16H2,1H3. The van der Waals surface area contributed by atoms with Crippen molar-refractivity contribution in [3.63, 3.8) is 0 Å².